The fourth-order valence-electron chi connectivity index (χ4n) is 2.42. The number of carbonyl (C=O) groups is 1. The first-order chi connectivity index (χ1) is 13.3. The zero-order valence-electron chi connectivity index (χ0n) is 15.5. The van der Waals surface area contributed by atoms with Crippen molar-refractivity contribution >= 4 is 5.91 Å². The SMILES string of the molecule is COc1cc(CCC(=O)NCC#Cc2cccc(C(F)(F)F)c2)cc(OC)c1. The summed E-state index contributed by atoms with van der Waals surface area (Å²) >= 11 is 0. The Morgan fingerprint density at radius 3 is 2.36 bits per heavy atom. The summed E-state index contributed by atoms with van der Waals surface area (Å²) in [6, 6.07) is 10.1. The molecule has 0 saturated heterocycles. The van der Waals surface area contributed by atoms with Crippen LogP contribution in [-0.4, -0.2) is 26.7 Å². The van der Waals surface area contributed by atoms with E-state index in [4.69, 9.17) is 9.47 Å². The average molecular weight is 391 g/mol. The van der Waals surface area contributed by atoms with Gasteiger partial charge in [-0.1, -0.05) is 17.9 Å². The molecule has 0 aliphatic carbocycles. The van der Waals surface area contributed by atoms with E-state index in [-0.39, 0.29) is 24.4 Å². The predicted octanol–water partition coefficient (Wildman–Crippen LogP) is 3.82. The molecule has 0 heterocycles. The maximum absolute atomic E-state index is 12.7. The molecule has 1 N–H and O–H groups in total. The Bertz CT molecular complexity index is 860. The summed E-state index contributed by atoms with van der Waals surface area (Å²) in [7, 11) is 3.10. The number of hydrogen-bond acceptors (Lipinski definition) is 3. The number of rotatable bonds is 6. The lowest BCUT2D eigenvalue weighted by molar-refractivity contribution is -0.137. The molecule has 2 rings (SSSR count). The number of methoxy groups -OCH3 is 2. The first-order valence-corrected chi connectivity index (χ1v) is 8.46. The van der Waals surface area contributed by atoms with Crippen LogP contribution in [0.1, 0.15) is 23.1 Å². The van der Waals surface area contributed by atoms with Crippen molar-refractivity contribution in [3.8, 4) is 23.3 Å². The van der Waals surface area contributed by atoms with Crippen molar-refractivity contribution in [2.24, 2.45) is 0 Å². The lowest BCUT2D eigenvalue weighted by Gasteiger charge is -2.08. The van der Waals surface area contributed by atoms with Crippen molar-refractivity contribution in [2.45, 2.75) is 19.0 Å². The number of hydrogen-bond donors (Lipinski definition) is 1. The van der Waals surface area contributed by atoms with E-state index in [1.54, 1.807) is 20.3 Å². The molecular formula is C21H20F3NO3. The molecule has 0 spiro atoms. The van der Waals surface area contributed by atoms with Crippen LogP contribution >= 0.6 is 0 Å². The van der Waals surface area contributed by atoms with Gasteiger partial charge < -0.3 is 14.8 Å². The van der Waals surface area contributed by atoms with Gasteiger partial charge in [-0.05, 0) is 42.3 Å². The Hall–Kier alpha value is -3.14. The highest BCUT2D eigenvalue weighted by molar-refractivity contribution is 5.76. The molecule has 1 amide bonds. The summed E-state index contributed by atoms with van der Waals surface area (Å²) in [5.41, 5.74) is 0.381. The first-order valence-electron chi connectivity index (χ1n) is 8.46. The van der Waals surface area contributed by atoms with E-state index in [1.165, 1.54) is 12.1 Å². The Labute approximate surface area is 161 Å². The molecule has 148 valence electrons. The van der Waals surface area contributed by atoms with Gasteiger partial charge in [-0.25, -0.2) is 0 Å². The molecule has 4 nitrogen and oxygen atoms in total. The average Bonchev–Trinajstić information content (AvgIpc) is 2.69. The summed E-state index contributed by atoms with van der Waals surface area (Å²) in [6.45, 7) is 0.0521. The summed E-state index contributed by atoms with van der Waals surface area (Å²) in [4.78, 5) is 11.9. The first kappa shape index (κ1) is 21.2. The molecule has 0 bridgehead atoms. The van der Waals surface area contributed by atoms with Crippen LogP contribution in [0.5, 0.6) is 11.5 Å². The maximum atomic E-state index is 12.7. The van der Waals surface area contributed by atoms with Gasteiger partial charge in [-0.3, -0.25) is 4.79 Å². The van der Waals surface area contributed by atoms with E-state index >= 15 is 0 Å². The van der Waals surface area contributed by atoms with Crippen LogP contribution in [0.4, 0.5) is 13.2 Å². The number of aryl methyl sites for hydroxylation is 1. The van der Waals surface area contributed by atoms with Crippen molar-refractivity contribution in [3.63, 3.8) is 0 Å². The number of alkyl halides is 3. The fourth-order valence-corrected chi connectivity index (χ4v) is 2.42. The number of halogens is 3. The molecule has 0 fully saturated rings. The summed E-state index contributed by atoms with van der Waals surface area (Å²) in [6.07, 6.45) is -3.68. The number of nitrogens with one attached hydrogen (secondary N) is 1. The Morgan fingerprint density at radius 1 is 1.07 bits per heavy atom. The van der Waals surface area contributed by atoms with Gasteiger partial charge in [0.15, 0.2) is 0 Å². The second-order valence-corrected chi connectivity index (χ2v) is 5.88. The molecule has 0 radical (unpaired) electrons. The van der Waals surface area contributed by atoms with Gasteiger partial charge >= 0.3 is 6.18 Å². The normalized spacial score (nSPS) is 10.6. The molecule has 7 heteroatoms. The van der Waals surface area contributed by atoms with E-state index < -0.39 is 11.7 Å². The van der Waals surface area contributed by atoms with Crippen LogP contribution in [-0.2, 0) is 17.4 Å². The lowest BCUT2D eigenvalue weighted by Crippen LogP contribution is -2.23. The van der Waals surface area contributed by atoms with Crippen LogP contribution in [0.2, 0.25) is 0 Å². The van der Waals surface area contributed by atoms with Gasteiger partial charge in [-0.2, -0.15) is 13.2 Å². The Morgan fingerprint density at radius 2 is 1.75 bits per heavy atom. The lowest BCUT2D eigenvalue weighted by atomic mass is 10.1. The molecule has 0 aromatic heterocycles. The third-order valence-corrected chi connectivity index (χ3v) is 3.85. The molecule has 0 aliphatic rings. The number of carbonyl (C=O) groups excluding carboxylic acids is 1. The van der Waals surface area contributed by atoms with E-state index in [0.29, 0.717) is 17.9 Å². The van der Waals surface area contributed by atoms with Crippen LogP contribution in [0, 0.1) is 11.8 Å². The largest absolute Gasteiger partial charge is 0.497 e. The highest BCUT2D eigenvalue weighted by Gasteiger charge is 2.30. The summed E-state index contributed by atoms with van der Waals surface area (Å²) in [5.74, 6) is 6.35. The van der Waals surface area contributed by atoms with Gasteiger partial charge in [0.05, 0.1) is 26.3 Å². The molecule has 2 aromatic rings. The van der Waals surface area contributed by atoms with E-state index in [9.17, 15) is 18.0 Å². The van der Waals surface area contributed by atoms with E-state index in [1.807, 2.05) is 12.1 Å². The molecule has 28 heavy (non-hydrogen) atoms. The van der Waals surface area contributed by atoms with Crippen molar-refractivity contribution < 1.29 is 27.4 Å². The quantitative estimate of drug-likeness (QED) is 0.762. The second-order valence-electron chi connectivity index (χ2n) is 5.88. The van der Waals surface area contributed by atoms with E-state index in [2.05, 4.69) is 17.2 Å². The predicted molar refractivity (Wildman–Crippen MR) is 99.2 cm³/mol. The van der Waals surface area contributed by atoms with Crippen LogP contribution in [0.15, 0.2) is 42.5 Å². The number of benzene rings is 2. The van der Waals surface area contributed by atoms with Crippen LogP contribution in [0.25, 0.3) is 0 Å². The summed E-state index contributed by atoms with van der Waals surface area (Å²) < 4.78 is 48.4. The maximum Gasteiger partial charge on any atom is 0.416 e. The van der Waals surface area contributed by atoms with Crippen molar-refractivity contribution in [3.05, 3.63) is 59.2 Å². The van der Waals surface area contributed by atoms with Gasteiger partial charge in [0.1, 0.15) is 11.5 Å². The molecular weight excluding hydrogens is 371 g/mol. The third kappa shape index (κ3) is 6.54. The van der Waals surface area contributed by atoms with Gasteiger partial charge in [0.2, 0.25) is 5.91 Å². The minimum atomic E-state index is -4.41. The molecule has 0 aliphatic heterocycles. The second kappa shape index (κ2) is 9.70. The molecule has 0 saturated carbocycles. The molecule has 2 aromatic carbocycles. The van der Waals surface area contributed by atoms with Crippen molar-refractivity contribution in [1.29, 1.82) is 0 Å². The van der Waals surface area contributed by atoms with Gasteiger partial charge in [0, 0.05) is 18.1 Å². The third-order valence-electron chi connectivity index (χ3n) is 3.85. The Balaban J connectivity index is 1.85. The zero-order valence-corrected chi connectivity index (χ0v) is 15.5. The van der Waals surface area contributed by atoms with Crippen molar-refractivity contribution in [2.75, 3.05) is 20.8 Å². The summed E-state index contributed by atoms with van der Waals surface area (Å²) in [5, 5.41) is 2.63. The van der Waals surface area contributed by atoms with Crippen LogP contribution < -0.4 is 14.8 Å². The molecule has 0 unspecified atom stereocenters. The highest BCUT2D eigenvalue weighted by atomic mass is 19.4. The van der Waals surface area contributed by atoms with Gasteiger partial charge in [0.25, 0.3) is 0 Å². The smallest absolute Gasteiger partial charge is 0.416 e. The fraction of sp³-hybridized carbons (Fsp3) is 0.286. The number of ether oxygens (including phenoxy) is 2. The zero-order chi connectivity index (χ0) is 20.6. The van der Waals surface area contributed by atoms with Crippen molar-refractivity contribution in [1.82, 2.24) is 5.32 Å². The monoisotopic (exact) mass is 391 g/mol. The molecule has 0 atom stereocenters. The van der Waals surface area contributed by atoms with Gasteiger partial charge in [-0.15, -0.1) is 0 Å². The highest BCUT2D eigenvalue weighted by Crippen LogP contribution is 2.29. The Kier molecular flexibility index (Phi) is 7.33. The van der Waals surface area contributed by atoms with E-state index in [0.717, 1.165) is 17.7 Å². The minimum Gasteiger partial charge on any atom is -0.497 e. The number of amides is 1. The standard InChI is InChI=1S/C21H20F3NO3/c1-27-18-12-16(13-19(14-18)28-2)8-9-20(26)25-10-4-6-15-5-3-7-17(11-15)21(22,23)24/h3,5,7,11-14H,8-10H2,1-2H3,(H,25,26). The minimum absolute atomic E-state index is 0.0521. The van der Waals surface area contributed by atoms with Crippen LogP contribution in [0.3, 0.4) is 0 Å². The topological polar surface area (TPSA) is 47.6 Å².